The topological polar surface area (TPSA) is 53.6 Å². The maximum atomic E-state index is 6.08. The summed E-state index contributed by atoms with van der Waals surface area (Å²) in [6, 6.07) is 5.86. The zero-order valence-corrected chi connectivity index (χ0v) is 11.5. The van der Waals surface area contributed by atoms with Gasteiger partial charge in [-0.25, -0.2) is 0 Å². The van der Waals surface area contributed by atoms with Gasteiger partial charge in [0.05, 0.1) is 33.7 Å². The second kappa shape index (κ2) is 5.42. The van der Waals surface area contributed by atoms with Crippen molar-refractivity contribution in [2.45, 2.75) is 6.54 Å². The molecule has 0 fully saturated rings. The molecular weight excluding hydrogens is 280 g/mol. The van der Waals surface area contributed by atoms with E-state index in [1.807, 2.05) is 17.6 Å². The maximum Gasteiger partial charge on any atom is 0.0799 e. The van der Waals surface area contributed by atoms with Gasteiger partial charge in [-0.15, -0.1) is 11.3 Å². The van der Waals surface area contributed by atoms with E-state index in [4.69, 9.17) is 11.6 Å². The number of nitrogens with one attached hydrogen (secondary N) is 2. The minimum Gasteiger partial charge on any atom is -0.378 e. The van der Waals surface area contributed by atoms with E-state index in [9.17, 15) is 0 Å². The average Bonchev–Trinajstić information content (AvgIpc) is 3.08. The van der Waals surface area contributed by atoms with E-state index in [2.05, 4.69) is 26.6 Å². The van der Waals surface area contributed by atoms with Crippen molar-refractivity contribution in [1.82, 2.24) is 15.2 Å². The summed E-state index contributed by atoms with van der Waals surface area (Å²) in [6.45, 7) is 0.648. The second-order valence-corrected chi connectivity index (χ2v) is 5.31. The van der Waals surface area contributed by atoms with Gasteiger partial charge < -0.3 is 5.32 Å². The highest BCUT2D eigenvalue weighted by atomic mass is 35.5. The van der Waals surface area contributed by atoms with Crippen molar-refractivity contribution < 1.29 is 0 Å². The summed E-state index contributed by atoms with van der Waals surface area (Å²) in [7, 11) is 0. The smallest absolute Gasteiger partial charge is 0.0799 e. The molecule has 0 aromatic carbocycles. The van der Waals surface area contributed by atoms with Crippen molar-refractivity contribution in [3.63, 3.8) is 0 Å². The number of aromatic nitrogens is 3. The van der Waals surface area contributed by atoms with Gasteiger partial charge in [-0.3, -0.25) is 10.1 Å². The Balaban J connectivity index is 1.78. The fourth-order valence-corrected chi connectivity index (χ4v) is 2.70. The van der Waals surface area contributed by atoms with Crippen LogP contribution in [-0.2, 0) is 6.54 Å². The lowest BCUT2D eigenvalue weighted by molar-refractivity contribution is 1.10. The summed E-state index contributed by atoms with van der Waals surface area (Å²) in [5.41, 5.74) is 2.97. The fourth-order valence-electron chi connectivity index (χ4n) is 1.78. The van der Waals surface area contributed by atoms with E-state index in [0.717, 1.165) is 16.9 Å². The SMILES string of the molecule is Clc1ccncc1NCc1cn[nH]c1-c1cccs1. The van der Waals surface area contributed by atoms with Crippen LogP contribution in [0.3, 0.4) is 0 Å². The maximum absolute atomic E-state index is 6.08. The molecule has 0 saturated carbocycles. The zero-order valence-electron chi connectivity index (χ0n) is 9.93. The third kappa shape index (κ3) is 2.62. The number of pyridine rings is 1. The van der Waals surface area contributed by atoms with Gasteiger partial charge in [-0.1, -0.05) is 17.7 Å². The Hall–Kier alpha value is -1.85. The number of thiophene rings is 1. The molecule has 6 heteroatoms. The third-order valence-corrected chi connectivity index (χ3v) is 3.94. The molecule has 0 atom stereocenters. The number of aromatic amines is 1. The molecule has 0 amide bonds. The van der Waals surface area contributed by atoms with Gasteiger partial charge in [0.2, 0.25) is 0 Å². The number of anilines is 1. The fraction of sp³-hybridized carbons (Fsp3) is 0.0769. The average molecular weight is 291 g/mol. The van der Waals surface area contributed by atoms with Crippen LogP contribution in [0, 0.1) is 0 Å². The summed E-state index contributed by atoms with van der Waals surface area (Å²) in [5.74, 6) is 0. The van der Waals surface area contributed by atoms with Crippen LogP contribution in [0.5, 0.6) is 0 Å². The van der Waals surface area contributed by atoms with Crippen molar-refractivity contribution in [3.8, 4) is 10.6 Å². The number of hydrogen-bond donors (Lipinski definition) is 2. The minimum absolute atomic E-state index is 0.648. The van der Waals surface area contributed by atoms with E-state index < -0.39 is 0 Å². The minimum atomic E-state index is 0.648. The molecule has 0 spiro atoms. The van der Waals surface area contributed by atoms with E-state index in [1.165, 1.54) is 4.88 Å². The molecule has 0 saturated heterocycles. The lowest BCUT2D eigenvalue weighted by Crippen LogP contribution is -2.00. The van der Waals surface area contributed by atoms with E-state index in [0.29, 0.717) is 11.6 Å². The van der Waals surface area contributed by atoms with Gasteiger partial charge in [-0.05, 0) is 17.5 Å². The van der Waals surface area contributed by atoms with E-state index in [-0.39, 0.29) is 0 Å². The van der Waals surface area contributed by atoms with Gasteiger partial charge in [0, 0.05) is 18.3 Å². The van der Waals surface area contributed by atoms with E-state index >= 15 is 0 Å². The largest absolute Gasteiger partial charge is 0.378 e. The molecule has 0 bridgehead atoms. The van der Waals surface area contributed by atoms with Gasteiger partial charge in [0.25, 0.3) is 0 Å². The molecule has 0 aliphatic rings. The molecule has 0 unspecified atom stereocenters. The van der Waals surface area contributed by atoms with Crippen molar-refractivity contribution >= 4 is 28.6 Å². The summed E-state index contributed by atoms with van der Waals surface area (Å²) >= 11 is 7.76. The molecule has 3 aromatic rings. The van der Waals surface area contributed by atoms with Crippen molar-refractivity contribution in [3.05, 3.63) is 52.8 Å². The Morgan fingerprint density at radius 3 is 3.05 bits per heavy atom. The number of H-pyrrole nitrogens is 1. The molecule has 3 heterocycles. The summed E-state index contributed by atoms with van der Waals surface area (Å²) < 4.78 is 0. The van der Waals surface area contributed by atoms with E-state index in [1.54, 1.807) is 29.8 Å². The summed E-state index contributed by atoms with van der Waals surface area (Å²) in [5, 5.41) is 13.1. The molecule has 0 radical (unpaired) electrons. The van der Waals surface area contributed by atoms with Crippen LogP contribution in [-0.4, -0.2) is 15.2 Å². The van der Waals surface area contributed by atoms with Crippen molar-refractivity contribution in [1.29, 1.82) is 0 Å². The van der Waals surface area contributed by atoms with Gasteiger partial charge in [-0.2, -0.15) is 5.10 Å². The molecule has 2 N–H and O–H groups in total. The monoisotopic (exact) mass is 290 g/mol. The molecule has 0 aliphatic heterocycles. The first-order valence-corrected chi connectivity index (χ1v) is 7.00. The molecule has 96 valence electrons. The number of halogens is 1. The van der Waals surface area contributed by atoms with Crippen LogP contribution in [0.1, 0.15) is 5.56 Å². The summed E-state index contributed by atoms with van der Waals surface area (Å²) in [6.07, 6.45) is 5.21. The number of rotatable bonds is 4. The number of nitrogens with zero attached hydrogens (tertiary/aromatic N) is 2. The normalized spacial score (nSPS) is 10.6. The first-order chi connectivity index (χ1) is 9.34. The van der Waals surface area contributed by atoms with Crippen LogP contribution >= 0.6 is 22.9 Å². The molecular formula is C13H11ClN4S. The van der Waals surface area contributed by atoms with Gasteiger partial charge >= 0.3 is 0 Å². The van der Waals surface area contributed by atoms with Crippen LogP contribution in [0.2, 0.25) is 5.02 Å². The quantitative estimate of drug-likeness (QED) is 0.768. The number of hydrogen-bond acceptors (Lipinski definition) is 4. The first-order valence-electron chi connectivity index (χ1n) is 5.74. The molecule has 0 aliphatic carbocycles. The van der Waals surface area contributed by atoms with Crippen molar-refractivity contribution in [2.24, 2.45) is 0 Å². The lowest BCUT2D eigenvalue weighted by atomic mass is 10.2. The zero-order chi connectivity index (χ0) is 13.1. The lowest BCUT2D eigenvalue weighted by Gasteiger charge is -2.07. The standard InChI is InChI=1S/C13H11ClN4S/c14-10-3-4-15-8-11(10)16-6-9-7-17-18-13(9)12-2-1-5-19-12/h1-5,7-8,16H,6H2,(H,17,18). The molecule has 19 heavy (non-hydrogen) atoms. The molecule has 3 aromatic heterocycles. The van der Waals surface area contributed by atoms with Crippen molar-refractivity contribution in [2.75, 3.05) is 5.32 Å². The Morgan fingerprint density at radius 1 is 1.32 bits per heavy atom. The predicted molar refractivity (Wildman–Crippen MR) is 78.5 cm³/mol. The highest BCUT2D eigenvalue weighted by molar-refractivity contribution is 7.13. The first kappa shape index (κ1) is 12.2. The van der Waals surface area contributed by atoms with Crippen LogP contribution < -0.4 is 5.32 Å². The predicted octanol–water partition coefficient (Wildman–Crippen LogP) is 3.80. The van der Waals surface area contributed by atoms with Crippen LogP contribution in [0.25, 0.3) is 10.6 Å². The third-order valence-electron chi connectivity index (χ3n) is 2.72. The Bertz CT molecular complexity index is 663. The Kier molecular flexibility index (Phi) is 3.48. The molecule has 3 rings (SSSR count). The van der Waals surface area contributed by atoms with Crippen LogP contribution in [0.4, 0.5) is 5.69 Å². The highest BCUT2D eigenvalue weighted by Gasteiger charge is 2.09. The van der Waals surface area contributed by atoms with Gasteiger partial charge in [0.15, 0.2) is 0 Å². The molecule has 4 nitrogen and oxygen atoms in total. The highest BCUT2D eigenvalue weighted by Crippen LogP contribution is 2.27. The van der Waals surface area contributed by atoms with Gasteiger partial charge in [0.1, 0.15) is 0 Å². The Morgan fingerprint density at radius 2 is 2.26 bits per heavy atom. The Labute approximate surface area is 119 Å². The summed E-state index contributed by atoms with van der Waals surface area (Å²) in [4.78, 5) is 5.22. The second-order valence-electron chi connectivity index (χ2n) is 3.96. The van der Waals surface area contributed by atoms with Crippen LogP contribution in [0.15, 0.2) is 42.2 Å².